The molecule has 4 aliphatic rings. The Labute approximate surface area is 204 Å². The van der Waals surface area contributed by atoms with Crippen molar-refractivity contribution in [3.8, 4) is 28.3 Å². The first-order valence-electron chi connectivity index (χ1n) is 13.4. The molecule has 1 aromatic rings. The fraction of sp³-hybridized carbons (Fsp3) is 0.567. The fourth-order valence-corrected chi connectivity index (χ4v) is 6.05. The summed E-state index contributed by atoms with van der Waals surface area (Å²) in [5.41, 5.74) is 5.35. The lowest BCUT2D eigenvalue weighted by Crippen LogP contribution is -2.36. The highest BCUT2D eigenvalue weighted by molar-refractivity contribution is 5.85. The smallest absolute Gasteiger partial charge is 0.176 e. The molecule has 2 aliphatic carbocycles. The maximum absolute atomic E-state index is 10.5. The quantitative estimate of drug-likeness (QED) is 0.366. The van der Waals surface area contributed by atoms with Crippen molar-refractivity contribution < 1.29 is 9.94 Å². The van der Waals surface area contributed by atoms with Gasteiger partial charge in [-0.15, -0.1) is 0 Å². The lowest BCUT2D eigenvalue weighted by Gasteiger charge is -2.38. The molecule has 3 atom stereocenters. The second-order valence-electron chi connectivity index (χ2n) is 11.3. The molecule has 0 amide bonds. The SMILES string of the molecule is Cc1cc(-c2cc(CCC3CCC3)ccc2OC2CCC(C)CC2C(C)C)c2ccnc-2n1O. The Hall–Kier alpha value is -2.49. The molecule has 0 radical (unpaired) electrons. The molecule has 2 fully saturated rings. The molecule has 0 bridgehead atoms. The summed E-state index contributed by atoms with van der Waals surface area (Å²) in [7, 11) is 0. The Kier molecular flexibility index (Phi) is 6.59. The Morgan fingerprint density at radius 2 is 1.88 bits per heavy atom. The average molecular weight is 461 g/mol. The van der Waals surface area contributed by atoms with E-state index in [2.05, 4.69) is 50.0 Å². The van der Waals surface area contributed by atoms with E-state index in [0.717, 1.165) is 52.8 Å². The molecule has 5 rings (SSSR count). The topological polar surface area (TPSA) is 47.3 Å². The van der Waals surface area contributed by atoms with Gasteiger partial charge in [0.1, 0.15) is 11.9 Å². The van der Waals surface area contributed by atoms with Crippen molar-refractivity contribution in [2.75, 3.05) is 0 Å². The van der Waals surface area contributed by atoms with Gasteiger partial charge in [0.15, 0.2) is 5.82 Å². The van der Waals surface area contributed by atoms with Crippen LogP contribution in [-0.2, 0) is 6.42 Å². The Balaban J connectivity index is 1.53. The van der Waals surface area contributed by atoms with E-state index in [1.165, 1.54) is 48.8 Å². The van der Waals surface area contributed by atoms with Gasteiger partial charge in [-0.1, -0.05) is 46.1 Å². The predicted octanol–water partition coefficient (Wildman–Crippen LogP) is 7.77. The van der Waals surface area contributed by atoms with E-state index in [0.29, 0.717) is 17.7 Å². The monoisotopic (exact) mass is 460 g/mol. The number of rotatable bonds is 7. The van der Waals surface area contributed by atoms with Gasteiger partial charge in [0.05, 0.1) is 5.69 Å². The Bertz CT molecular complexity index is 1100. The van der Waals surface area contributed by atoms with Crippen LogP contribution in [0.4, 0.5) is 0 Å². The van der Waals surface area contributed by atoms with Crippen LogP contribution in [0.5, 0.6) is 5.75 Å². The van der Waals surface area contributed by atoms with E-state index in [1.807, 2.05) is 13.0 Å². The molecule has 2 saturated carbocycles. The van der Waals surface area contributed by atoms with Crippen molar-refractivity contribution in [3.05, 3.63) is 47.8 Å². The number of benzene rings is 1. The number of nitrogens with zero attached hydrogens (tertiary/aromatic N) is 2. The van der Waals surface area contributed by atoms with Gasteiger partial charge in [-0.05, 0) is 98.1 Å². The molecule has 1 N–H and O–H groups in total. The van der Waals surface area contributed by atoms with Crippen LogP contribution < -0.4 is 4.74 Å². The molecule has 2 heterocycles. The number of aryl methyl sites for hydroxylation is 2. The molecule has 3 unspecified atom stereocenters. The maximum atomic E-state index is 10.5. The number of aromatic nitrogens is 2. The standard InChI is InChI=1S/C30H40N2O2/c1-19(2)25-16-20(3)8-12-28(25)34-29-13-11-23(10-9-22-6-5-7-22)18-27(29)26-17-21(4)32(33)30-24(26)14-15-31-30/h11,13-15,17-20,22,25,28,33H,5-10,12,16H2,1-4H3. The van der Waals surface area contributed by atoms with Crippen LogP contribution in [0, 0.1) is 30.6 Å². The average Bonchev–Trinajstić information content (AvgIpc) is 3.27. The van der Waals surface area contributed by atoms with Gasteiger partial charge in [-0.3, -0.25) is 0 Å². The molecule has 1 aromatic carbocycles. The summed E-state index contributed by atoms with van der Waals surface area (Å²) in [6, 6.07) is 10.9. The van der Waals surface area contributed by atoms with Crippen molar-refractivity contribution in [3.63, 3.8) is 0 Å². The molecular weight excluding hydrogens is 420 g/mol. The number of fused-ring (bicyclic) bond motifs is 1. The zero-order chi connectivity index (χ0) is 23.8. The van der Waals surface area contributed by atoms with E-state index < -0.39 is 0 Å². The van der Waals surface area contributed by atoms with E-state index in [4.69, 9.17) is 4.74 Å². The molecule has 4 heteroatoms. The van der Waals surface area contributed by atoms with Gasteiger partial charge >= 0.3 is 0 Å². The van der Waals surface area contributed by atoms with Gasteiger partial charge < -0.3 is 9.94 Å². The van der Waals surface area contributed by atoms with Crippen LogP contribution in [0.25, 0.3) is 22.5 Å². The van der Waals surface area contributed by atoms with Gasteiger partial charge in [0.25, 0.3) is 0 Å². The molecular formula is C30H40N2O2. The van der Waals surface area contributed by atoms with Crippen LogP contribution in [0.2, 0.25) is 0 Å². The molecule has 34 heavy (non-hydrogen) atoms. The minimum atomic E-state index is 0.247. The Morgan fingerprint density at radius 1 is 1.06 bits per heavy atom. The summed E-state index contributed by atoms with van der Waals surface area (Å²) in [5, 5.41) is 10.5. The van der Waals surface area contributed by atoms with Gasteiger partial charge in [-0.25, -0.2) is 4.98 Å². The summed E-state index contributed by atoms with van der Waals surface area (Å²) in [4.78, 5) is 4.43. The third kappa shape index (κ3) is 4.56. The lowest BCUT2D eigenvalue weighted by atomic mass is 9.75. The van der Waals surface area contributed by atoms with Crippen LogP contribution in [0.15, 0.2) is 36.5 Å². The molecule has 0 aromatic heterocycles. The summed E-state index contributed by atoms with van der Waals surface area (Å²) in [6.07, 6.45) is 12.2. The minimum Gasteiger partial charge on any atom is -0.489 e. The molecule has 0 saturated heterocycles. The zero-order valence-electron chi connectivity index (χ0n) is 21.3. The van der Waals surface area contributed by atoms with Crippen LogP contribution >= 0.6 is 0 Å². The normalized spacial score (nSPS) is 23.4. The third-order valence-corrected chi connectivity index (χ3v) is 8.49. The number of hydrogen-bond acceptors (Lipinski definition) is 3. The van der Waals surface area contributed by atoms with Crippen molar-refractivity contribution in [2.45, 2.75) is 85.2 Å². The molecule has 182 valence electrons. The highest BCUT2D eigenvalue weighted by Crippen LogP contribution is 2.43. The van der Waals surface area contributed by atoms with E-state index >= 15 is 0 Å². The summed E-state index contributed by atoms with van der Waals surface area (Å²) >= 11 is 0. The minimum absolute atomic E-state index is 0.247. The summed E-state index contributed by atoms with van der Waals surface area (Å²) in [6.45, 7) is 8.98. The van der Waals surface area contributed by atoms with Crippen molar-refractivity contribution in [1.82, 2.24) is 9.71 Å². The van der Waals surface area contributed by atoms with Crippen molar-refractivity contribution >= 4 is 0 Å². The highest BCUT2D eigenvalue weighted by Gasteiger charge is 2.33. The summed E-state index contributed by atoms with van der Waals surface area (Å²) in [5.74, 6) is 4.42. The predicted molar refractivity (Wildman–Crippen MR) is 138 cm³/mol. The maximum Gasteiger partial charge on any atom is 0.176 e. The summed E-state index contributed by atoms with van der Waals surface area (Å²) < 4.78 is 8.07. The van der Waals surface area contributed by atoms with Crippen LogP contribution in [-0.4, -0.2) is 21.0 Å². The Morgan fingerprint density at radius 3 is 2.62 bits per heavy atom. The fourth-order valence-electron chi connectivity index (χ4n) is 6.05. The van der Waals surface area contributed by atoms with Crippen molar-refractivity contribution in [1.29, 1.82) is 0 Å². The molecule has 4 nitrogen and oxygen atoms in total. The second kappa shape index (κ2) is 9.64. The van der Waals surface area contributed by atoms with Crippen LogP contribution in [0.1, 0.15) is 77.0 Å². The highest BCUT2D eigenvalue weighted by atomic mass is 16.5. The van der Waals surface area contributed by atoms with Crippen LogP contribution in [0.3, 0.4) is 0 Å². The molecule has 2 aliphatic heterocycles. The van der Waals surface area contributed by atoms with E-state index in [-0.39, 0.29) is 6.10 Å². The molecule has 0 spiro atoms. The van der Waals surface area contributed by atoms with Crippen molar-refractivity contribution in [2.24, 2.45) is 23.7 Å². The number of hydrogen-bond donors (Lipinski definition) is 1. The van der Waals surface area contributed by atoms with Gasteiger partial charge in [0.2, 0.25) is 0 Å². The van der Waals surface area contributed by atoms with Gasteiger partial charge in [0, 0.05) is 17.3 Å². The first-order valence-corrected chi connectivity index (χ1v) is 13.4. The van der Waals surface area contributed by atoms with E-state index in [1.54, 1.807) is 6.20 Å². The third-order valence-electron chi connectivity index (χ3n) is 8.49. The lowest BCUT2D eigenvalue weighted by molar-refractivity contribution is 0.0478. The van der Waals surface area contributed by atoms with Gasteiger partial charge in [-0.2, -0.15) is 4.73 Å². The zero-order valence-corrected chi connectivity index (χ0v) is 21.3. The number of ether oxygens (including phenoxy) is 1. The van der Waals surface area contributed by atoms with E-state index in [9.17, 15) is 5.21 Å². The first kappa shape index (κ1) is 23.3. The number of pyridine rings is 1. The largest absolute Gasteiger partial charge is 0.489 e. The second-order valence-corrected chi connectivity index (χ2v) is 11.3. The first-order chi connectivity index (χ1) is 16.4.